The van der Waals surface area contributed by atoms with E-state index >= 15 is 0 Å². The minimum Gasteiger partial charge on any atom is -0.306 e. The summed E-state index contributed by atoms with van der Waals surface area (Å²) >= 11 is 0. The Kier molecular flexibility index (Phi) is 4.10. The van der Waals surface area contributed by atoms with Crippen LogP contribution in [0.2, 0.25) is 0 Å². The van der Waals surface area contributed by atoms with Crippen LogP contribution < -0.4 is 5.32 Å². The van der Waals surface area contributed by atoms with Gasteiger partial charge >= 0.3 is 0 Å². The van der Waals surface area contributed by atoms with Crippen LogP contribution in [-0.2, 0) is 7.05 Å². The van der Waals surface area contributed by atoms with Crippen LogP contribution in [0.15, 0.2) is 36.7 Å². The quantitative estimate of drug-likeness (QED) is 0.880. The first-order chi connectivity index (χ1) is 8.70. The van der Waals surface area contributed by atoms with Crippen molar-refractivity contribution in [2.24, 2.45) is 7.05 Å². The molecule has 4 heteroatoms. The van der Waals surface area contributed by atoms with E-state index in [4.69, 9.17) is 0 Å². The monoisotopic (exact) mass is 247 g/mol. The molecule has 1 unspecified atom stereocenters. The molecule has 1 aromatic carbocycles. The molecule has 0 aliphatic heterocycles. The molecule has 1 N–H and O–H groups in total. The Morgan fingerprint density at radius 1 is 1.28 bits per heavy atom. The molecule has 2 rings (SSSR count). The maximum absolute atomic E-state index is 13.0. The summed E-state index contributed by atoms with van der Waals surface area (Å²) in [5, 5.41) is 7.65. The van der Waals surface area contributed by atoms with Gasteiger partial charge < -0.3 is 5.32 Å². The lowest BCUT2D eigenvalue weighted by Crippen LogP contribution is -2.22. The first-order valence-corrected chi connectivity index (χ1v) is 6.18. The topological polar surface area (TPSA) is 29.9 Å². The van der Waals surface area contributed by atoms with Gasteiger partial charge in [0.15, 0.2) is 0 Å². The highest BCUT2D eigenvalue weighted by atomic mass is 19.1. The number of nitrogens with zero attached hydrogens (tertiary/aromatic N) is 2. The highest BCUT2D eigenvalue weighted by molar-refractivity contribution is 5.29. The predicted molar refractivity (Wildman–Crippen MR) is 69.7 cm³/mol. The lowest BCUT2D eigenvalue weighted by Gasteiger charge is -2.17. The highest BCUT2D eigenvalue weighted by Crippen LogP contribution is 2.21. The van der Waals surface area contributed by atoms with Gasteiger partial charge in [-0.15, -0.1) is 0 Å². The number of rotatable bonds is 5. The number of aromatic nitrogens is 2. The SMILES string of the molecule is CCCNC(c1ccc(F)cc1)c1cnn(C)c1. The maximum Gasteiger partial charge on any atom is 0.123 e. The van der Waals surface area contributed by atoms with Gasteiger partial charge in [-0.25, -0.2) is 4.39 Å². The number of hydrogen-bond acceptors (Lipinski definition) is 2. The van der Waals surface area contributed by atoms with Crippen molar-refractivity contribution in [3.63, 3.8) is 0 Å². The molecule has 1 heterocycles. The molecule has 0 saturated carbocycles. The van der Waals surface area contributed by atoms with Crippen LogP contribution >= 0.6 is 0 Å². The van der Waals surface area contributed by atoms with Crippen LogP contribution in [0.3, 0.4) is 0 Å². The van der Waals surface area contributed by atoms with Gasteiger partial charge in [0.2, 0.25) is 0 Å². The third-order valence-electron chi connectivity index (χ3n) is 2.86. The number of halogens is 1. The third-order valence-corrected chi connectivity index (χ3v) is 2.86. The van der Waals surface area contributed by atoms with Crippen molar-refractivity contribution in [1.29, 1.82) is 0 Å². The molecule has 18 heavy (non-hydrogen) atoms. The first kappa shape index (κ1) is 12.8. The Hall–Kier alpha value is -1.68. The fourth-order valence-electron chi connectivity index (χ4n) is 1.96. The van der Waals surface area contributed by atoms with Crippen LogP contribution in [0.4, 0.5) is 4.39 Å². The lowest BCUT2D eigenvalue weighted by atomic mass is 10.0. The van der Waals surface area contributed by atoms with E-state index in [0.29, 0.717) is 0 Å². The number of nitrogens with one attached hydrogen (secondary N) is 1. The van der Waals surface area contributed by atoms with Crippen molar-refractivity contribution in [2.45, 2.75) is 19.4 Å². The Labute approximate surface area is 107 Å². The molecular formula is C14H18FN3. The van der Waals surface area contributed by atoms with Crippen LogP contribution in [0, 0.1) is 5.82 Å². The predicted octanol–water partition coefficient (Wildman–Crippen LogP) is 2.65. The Morgan fingerprint density at radius 2 is 2.00 bits per heavy atom. The molecule has 0 aliphatic carbocycles. The van der Waals surface area contributed by atoms with Crippen LogP contribution in [0.5, 0.6) is 0 Å². The average Bonchev–Trinajstić information content (AvgIpc) is 2.78. The molecular weight excluding hydrogens is 229 g/mol. The molecule has 0 spiro atoms. The van der Waals surface area contributed by atoms with Crippen LogP contribution in [0.1, 0.15) is 30.5 Å². The van der Waals surface area contributed by atoms with Gasteiger partial charge in [0.25, 0.3) is 0 Å². The van der Waals surface area contributed by atoms with Crippen molar-refractivity contribution in [1.82, 2.24) is 15.1 Å². The smallest absolute Gasteiger partial charge is 0.123 e. The molecule has 0 radical (unpaired) electrons. The largest absolute Gasteiger partial charge is 0.306 e. The molecule has 0 fully saturated rings. The second kappa shape index (κ2) is 5.78. The van der Waals surface area contributed by atoms with Crippen molar-refractivity contribution >= 4 is 0 Å². The highest BCUT2D eigenvalue weighted by Gasteiger charge is 2.14. The van der Waals surface area contributed by atoms with Gasteiger partial charge in [-0.2, -0.15) is 5.10 Å². The zero-order valence-corrected chi connectivity index (χ0v) is 10.7. The van der Waals surface area contributed by atoms with Gasteiger partial charge in [-0.3, -0.25) is 4.68 Å². The zero-order chi connectivity index (χ0) is 13.0. The van der Waals surface area contributed by atoms with Crippen molar-refractivity contribution in [3.8, 4) is 0 Å². The van der Waals surface area contributed by atoms with Gasteiger partial charge in [-0.1, -0.05) is 19.1 Å². The van der Waals surface area contributed by atoms with Gasteiger partial charge in [0.05, 0.1) is 12.2 Å². The van der Waals surface area contributed by atoms with Crippen molar-refractivity contribution < 1.29 is 4.39 Å². The van der Waals surface area contributed by atoms with Crippen molar-refractivity contribution in [3.05, 3.63) is 53.6 Å². The van der Waals surface area contributed by atoms with E-state index in [-0.39, 0.29) is 11.9 Å². The second-order valence-corrected chi connectivity index (χ2v) is 4.39. The molecule has 96 valence electrons. The second-order valence-electron chi connectivity index (χ2n) is 4.39. The van der Waals surface area contributed by atoms with E-state index in [2.05, 4.69) is 17.3 Å². The minimum absolute atomic E-state index is 0.0687. The molecule has 0 amide bonds. The molecule has 3 nitrogen and oxygen atoms in total. The van der Waals surface area contributed by atoms with E-state index in [1.807, 2.05) is 31.6 Å². The number of aryl methyl sites for hydroxylation is 1. The van der Waals surface area contributed by atoms with Gasteiger partial charge in [0.1, 0.15) is 5.82 Å². The van der Waals surface area contributed by atoms with Crippen LogP contribution in [0.25, 0.3) is 0 Å². The summed E-state index contributed by atoms with van der Waals surface area (Å²) in [5.74, 6) is -0.209. The van der Waals surface area contributed by atoms with E-state index in [1.165, 1.54) is 12.1 Å². The summed E-state index contributed by atoms with van der Waals surface area (Å²) < 4.78 is 14.7. The summed E-state index contributed by atoms with van der Waals surface area (Å²) in [6.07, 6.45) is 4.88. The van der Waals surface area contributed by atoms with Gasteiger partial charge in [0, 0.05) is 18.8 Å². The molecule has 0 bridgehead atoms. The fraction of sp³-hybridized carbons (Fsp3) is 0.357. The molecule has 0 aliphatic rings. The lowest BCUT2D eigenvalue weighted by molar-refractivity contribution is 0.592. The summed E-state index contributed by atoms with van der Waals surface area (Å²) in [5.41, 5.74) is 2.15. The summed E-state index contributed by atoms with van der Waals surface area (Å²) in [6.45, 7) is 3.04. The molecule has 2 aromatic rings. The molecule has 1 atom stereocenters. The third kappa shape index (κ3) is 2.96. The number of hydrogen-bond donors (Lipinski definition) is 1. The van der Waals surface area contributed by atoms with E-state index in [9.17, 15) is 4.39 Å². The Balaban J connectivity index is 2.27. The Morgan fingerprint density at radius 3 is 2.56 bits per heavy atom. The summed E-state index contributed by atoms with van der Waals surface area (Å²) in [6, 6.07) is 6.68. The van der Waals surface area contributed by atoms with Crippen LogP contribution in [-0.4, -0.2) is 16.3 Å². The average molecular weight is 247 g/mol. The Bertz CT molecular complexity index is 490. The summed E-state index contributed by atoms with van der Waals surface area (Å²) in [4.78, 5) is 0. The normalized spacial score (nSPS) is 12.6. The van der Waals surface area contributed by atoms with E-state index < -0.39 is 0 Å². The first-order valence-electron chi connectivity index (χ1n) is 6.18. The minimum atomic E-state index is -0.209. The zero-order valence-electron chi connectivity index (χ0n) is 10.7. The van der Waals surface area contributed by atoms with E-state index in [1.54, 1.807) is 4.68 Å². The maximum atomic E-state index is 13.0. The van der Waals surface area contributed by atoms with Gasteiger partial charge in [-0.05, 0) is 30.7 Å². The molecule has 1 aromatic heterocycles. The number of benzene rings is 1. The summed E-state index contributed by atoms with van der Waals surface area (Å²) in [7, 11) is 1.89. The molecule has 0 saturated heterocycles. The standard InChI is InChI=1S/C14H18FN3/c1-3-8-16-14(12-9-17-18(2)10-12)11-4-6-13(15)7-5-11/h4-7,9-10,14,16H,3,8H2,1-2H3. The van der Waals surface area contributed by atoms with E-state index in [0.717, 1.165) is 24.1 Å². The fourth-order valence-corrected chi connectivity index (χ4v) is 1.96. The van der Waals surface area contributed by atoms with Crippen molar-refractivity contribution in [2.75, 3.05) is 6.54 Å².